The van der Waals surface area contributed by atoms with Gasteiger partial charge >= 0.3 is 6.41 Å². The summed E-state index contributed by atoms with van der Waals surface area (Å²) in [5.41, 5.74) is 0. The van der Waals surface area contributed by atoms with Crippen molar-refractivity contribution >= 4 is 6.41 Å². The van der Waals surface area contributed by atoms with Crippen LogP contribution in [-0.4, -0.2) is 29.2 Å². The molecule has 0 rings (SSSR count). The highest BCUT2D eigenvalue weighted by atomic mass is 16.3. The maximum absolute atomic E-state index is 9.98. The Hall–Kier alpha value is -0.570. The zero-order valence-corrected chi connectivity index (χ0v) is 5.79. The van der Waals surface area contributed by atoms with Gasteiger partial charge in [0, 0.05) is 6.04 Å². The molecule has 3 nitrogen and oxygen atoms in total. The Morgan fingerprint density at radius 2 is 2.33 bits per heavy atom. The van der Waals surface area contributed by atoms with E-state index in [0.717, 1.165) is 6.42 Å². The van der Waals surface area contributed by atoms with Crippen LogP contribution in [0.1, 0.15) is 20.3 Å². The lowest BCUT2D eigenvalue weighted by Crippen LogP contribution is -2.31. The molecule has 0 aromatic rings. The third-order valence-electron chi connectivity index (χ3n) is 1.39. The van der Waals surface area contributed by atoms with Gasteiger partial charge in [-0.15, -0.1) is 0 Å². The minimum Gasteiger partial charge on any atom is -0.376 e. The molecule has 0 fully saturated rings. The molecular formula is C6H12NO2. The van der Waals surface area contributed by atoms with E-state index < -0.39 is 0 Å². The van der Waals surface area contributed by atoms with Gasteiger partial charge in [0.15, 0.2) is 0 Å². The summed E-state index contributed by atoms with van der Waals surface area (Å²) in [6.07, 6.45) is 2.48. The van der Waals surface area contributed by atoms with Crippen molar-refractivity contribution in [1.29, 1.82) is 0 Å². The Labute approximate surface area is 55.3 Å². The lowest BCUT2D eigenvalue weighted by Gasteiger charge is -2.19. The topological polar surface area (TPSA) is 40.5 Å². The molecule has 1 atom stereocenters. The number of amides is 1. The monoisotopic (exact) mass is 130 g/mol. The van der Waals surface area contributed by atoms with E-state index in [1.165, 1.54) is 4.90 Å². The van der Waals surface area contributed by atoms with E-state index in [1.807, 2.05) is 13.8 Å². The standard InChI is InChI=1S/C6H12NO2/c1-3-6(2)7(4-8)5-9/h6,8H,3-4H2,1-2H3. The molecule has 0 spiro atoms. The average Bonchev–Trinajstić information content (AvgIpc) is 1.90. The predicted octanol–water partition coefficient (Wildman–Crippen LogP) is 0.104. The summed E-state index contributed by atoms with van der Waals surface area (Å²) in [6.45, 7) is 3.57. The third kappa shape index (κ3) is 2.46. The fourth-order valence-electron chi connectivity index (χ4n) is 0.479. The fraction of sp³-hybridized carbons (Fsp3) is 0.833. The SMILES string of the molecule is CCC(C)N([C]=O)CO. The van der Waals surface area contributed by atoms with Crippen LogP contribution in [-0.2, 0) is 4.79 Å². The summed E-state index contributed by atoms with van der Waals surface area (Å²) >= 11 is 0. The quantitative estimate of drug-likeness (QED) is 0.433. The molecule has 1 radical (unpaired) electrons. The maximum Gasteiger partial charge on any atom is 0.314 e. The Bertz CT molecular complexity index is 85.1. The van der Waals surface area contributed by atoms with Gasteiger partial charge < -0.3 is 10.0 Å². The number of hydrogen-bond acceptors (Lipinski definition) is 2. The van der Waals surface area contributed by atoms with Crippen LogP contribution in [0.5, 0.6) is 0 Å². The first kappa shape index (κ1) is 8.43. The van der Waals surface area contributed by atoms with Crippen molar-refractivity contribution in [1.82, 2.24) is 4.90 Å². The lowest BCUT2D eigenvalue weighted by molar-refractivity contribution is 0.134. The maximum atomic E-state index is 9.98. The van der Waals surface area contributed by atoms with Crippen LogP contribution in [0, 0.1) is 0 Å². The van der Waals surface area contributed by atoms with Crippen LogP contribution >= 0.6 is 0 Å². The van der Waals surface area contributed by atoms with E-state index in [9.17, 15) is 4.79 Å². The highest BCUT2D eigenvalue weighted by Gasteiger charge is 2.07. The Morgan fingerprint density at radius 3 is 2.44 bits per heavy atom. The molecule has 9 heavy (non-hydrogen) atoms. The van der Waals surface area contributed by atoms with Crippen molar-refractivity contribution < 1.29 is 9.90 Å². The fourth-order valence-corrected chi connectivity index (χ4v) is 0.479. The lowest BCUT2D eigenvalue weighted by atomic mass is 10.2. The van der Waals surface area contributed by atoms with E-state index in [0.29, 0.717) is 0 Å². The van der Waals surface area contributed by atoms with Crippen LogP contribution in [0.4, 0.5) is 0 Å². The zero-order chi connectivity index (χ0) is 7.28. The summed E-state index contributed by atoms with van der Waals surface area (Å²) in [7, 11) is 0. The van der Waals surface area contributed by atoms with Gasteiger partial charge in [0.1, 0.15) is 6.73 Å². The van der Waals surface area contributed by atoms with Crippen LogP contribution < -0.4 is 0 Å². The number of aliphatic hydroxyl groups excluding tert-OH is 1. The van der Waals surface area contributed by atoms with Crippen molar-refractivity contribution in [2.24, 2.45) is 0 Å². The van der Waals surface area contributed by atoms with Crippen molar-refractivity contribution in [3.8, 4) is 0 Å². The normalized spacial score (nSPS) is 12.8. The van der Waals surface area contributed by atoms with E-state index >= 15 is 0 Å². The van der Waals surface area contributed by atoms with E-state index in [-0.39, 0.29) is 12.8 Å². The largest absolute Gasteiger partial charge is 0.376 e. The van der Waals surface area contributed by atoms with Crippen LogP contribution in [0.15, 0.2) is 0 Å². The molecule has 0 saturated carbocycles. The molecule has 0 aliphatic heterocycles. The molecule has 0 aliphatic rings. The second kappa shape index (κ2) is 4.32. The summed E-state index contributed by atoms with van der Waals surface area (Å²) in [6, 6.07) is 0.0903. The second-order valence-corrected chi connectivity index (χ2v) is 1.96. The predicted molar refractivity (Wildman–Crippen MR) is 34.4 cm³/mol. The molecule has 0 bridgehead atoms. The van der Waals surface area contributed by atoms with Gasteiger partial charge in [-0.2, -0.15) is 0 Å². The van der Waals surface area contributed by atoms with Crippen molar-refractivity contribution in [3.63, 3.8) is 0 Å². The molecule has 0 aliphatic carbocycles. The molecule has 53 valence electrons. The zero-order valence-electron chi connectivity index (χ0n) is 5.79. The van der Waals surface area contributed by atoms with Gasteiger partial charge in [0.05, 0.1) is 0 Å². The molecule has 3 heteroatoms. The number of aliphatic hydroxyl groups is 1. The van der Waals surface area contributed by atoms with Crippen LogP contribution in [0.3, 0.4) is 0 Å². The molecular weight excluding hydrogens is 118 g/mol. The number of hydrogen-bond donors (Lipinski definition) is 1. The molecule has 1 N–H and O–H groups in total. The van der Waals surface area contributed by atoms with Crippen molar-refractivity contribution in [2.45, 2.75) is 26.3 Å². The van der Waals surface area contributed by atoms with Gasteiger partial charge in [0.25, 0.3) is 0 Å². The first-order chi connectivity index (χ1) is 4.26. The molecule has 0 saturated heterocycles. The van der Waals surface area contributed by atoms with Gasteiger partial charge in [-0.1, -0.05) is 6.92 Å². The van der Waals surface area contributed by atoms with Crippen LogP contribution in [0.25, 0.3) is 0 Å². The Kier molecular flexibility index (Phi) is 4.05. The molecule has 1 amide bonds. The van der Waals surface area contributed by atoms with Crippen molar-refractivity contribution in [3.05, 3.63) is 0 Å². The molecule has 0 aromatic carbocycles. The first-order valence-corrected chi connectivity index (χ1v) is 3.01. The number of rotatable bonds is 4. The van der Waals surface area contributed by atoms with E-state index in [1.54, 1.807) is 6.41 Å². The minimum absolute atomic E-state index is 0.0903. The van der Waals surface area contributed by atoms with Gasteiger partial charge in [0.2, 0.25) is 0 Å². The summed E-state index contributed by atoms with van der Waals surface area (Å²) in [4.78, 5) is 11.2. The summed E-state index contributed by atoms with van der Waals surface area (Å²) in [5.74, 6) is 0. The molecule has 1 unspecified atom stereocenters. The summed E-state index contributed by atoms with van der Waals surface area (Å²) in [5, 5.41) is 8.49. The van der Waals surface area contributed by atoms with Crippen LogP contribution in [0.2, 0.25) is 0 Å². The Balaban J connectivity index is 3.63. The smallest absolute Gasteiger partial charge is 0.314 e. The summed E-state index contributed by atoms with van der Waals surface area (Å²) < 4.78 is 0. The minimum atomic E-state index is -0.238. The first-order valence-electron chi connectivity index (χ1n) is 3.01. The Morgan fingerprint density at radius 1 is 1.78 bits per heavy atom. The van der Waals surface area contributed by atoms with Crippen molar-refractivity contribution in [2.75, 3.05) is 6.73 Å². The number of nitrogens with zero attached hydrogens (tertiary/aromatic N) is 1. The van der Waals surface area contributed by atoms with E-state index in [2.05, 4.69) is 0 Å². The molecule has 0 aromatic heterocycles. The average molecular weight is 130 g/mol. The third-order valence-corrected chi connectivity index (χ3v) is 1.39. The van der Waals surface area contributed by atoms with Gasteiger partial charge in [-0.3, -0.25) is 4.79 Å². The molecule has 0 heterocycles. The highest BCUT2D eigenvalue weighted by Crippen LogP contribution is 1.97. The van der Waals surface area contributed by atoms with Gasteiger partial charge in [-0.25, -0.2) is 0 Å². The second-order valence-electron chi connectivity index (χ2n) is 1.96. The number of carbonyl (C=O) groups excluding carboxylic acids is 1. The van der Waals surface area contributed by atoms with E-state index in [4.69, 9.17) is 5.11 Å². The van der Waals surface area contributed by atoms with Gasteiger partial charge in [-0.05, 0) is 13.3 Å². The highest BCUT2D eigenvalue weighted by molar-refractivity contribution is 5.48.